The van der Waals surface area contributed by atoms with Crippen LogP contribution in [0.4, 0.5) is 0 Å². The molecule has 0 heteroatoms. The van der Waals surface area contributed by atoms with Crippen LogP contribution < -0.4 is 0 Å². The third-order valence-corrected chi connectivity index (χ3v) is 11.1. The Bertz CT molecular complexity index is 2740. The van der Waals surface area contributed by atoms with Gasteiger partial charge >= 0.3 is 0 Å². The van der Waals surface area contributed by atoms with E-state index in [1.807, 2.05) is 0 Å². The Balaban J connectivity index is 1.23. The van der Waals surface area contributed by atoms with Crippen molar-refractivity contribution in [3.05, 3.63) is 216 Å². The van der Waals surface area contributed by atoms with Gasteiger partial charge in [0.25, 0.3) is 0 Å². The molecule has 0 heterocycles. The molecule has 0 aromatic heterocycles. The van der Waals surface area contributed by atoms with Crippen molar-refractivity contribution < 1.29 is 0 Å². The van der Waals surface area contributed by atoms with Crippen LogP contribution in [0, 0.1) is 18.8 Å². The summed E-state index contributed by atoms with van der Waals surface area (Å²) < 4.78 is 0. The van der Waals surface area contributed by atoms with E-state index in [0.29, 0.717) is 0 Å². The van der Waals surface area contributed by atoms with E-state index in [0.717, 1.165) is 0 Å². The second-order valence-electron chi connectivity index (χ2n) is 14.0. The van der Waals surface area contributed by atoms with E-state index in [2.05, 4.69) is 195 Å². The number of aryl methyl sites for hydroxylation is 1. The second kappa shape index (κ2) is 12.0. The summed E-state index contributed by atoms with van der Waals surface area (Å²) >= 11 is 0. The van der Waals surface area contributed by atoms with Crippen LogP contribution >= 0.6 is 0 Å². The van der Waals surface area contributed by atoms with Gasteiger partial charge in [0, 0.05) is 11.8 Å². The Kier molecular flexibility index (Phi) is 6.96. The average Bonchev–Trinajstić information content (AvgIpc) is 3.19. The zero-order valence-electron chi connectivity index (χ0n) is 28.6. The van der Waals surface area contributed by atoms with Gasteiger partial charge in [0.15, 0.2) is 0 Å². The van der Waals surface area contributed by atoms with Crippen LogP contribution in [0.25, 0.3) is 65.7 Å². The maximum Gasteiger partial charge on any atom is 0.0285 e. The summed E-state index contributed by atoms with van der Waals surface area (Å²) in [5.74, 6) is 0.342. The Labute approximate surface area is 299 Å². The minimum Gasteiger partial charge on any atom is -0.0726 e. The molecule has 0 spiro atoms. The summed E-state index contributed by atoms with van der Waals surface area (Å²) in [5.41, 5.74) is 14.5. The summed E-state index contributed by atoms with van der Waals surface area (Å²) in [7, 11) is 0. The zero-order chi connectivity index (χ0) is 33.9. The van der Waals surface area contributed by atoms with Crippen LogP contribution in [-0.4, -0.2) is 0 Å². The van der Waals surface area contributed by atoms with Crippen LogP contribution in [0.5, 0.6) is 0 Å². The molecule has 2 unspecified atom stereocenters. The molecule has 240 valence electrons. The molecule has 2 atom stereocenters. The number of rotatable bonds is 4. The first-order chi connectivity index (χ1) is 25.2. The molecule has 0 saturated heterocycles. The lowest BCUT2D eigenvalue weighted by Crippen LogP contribution is -2.21. The van der Waals surface area contributed by atoms with Gasteiger partial charge in [-0.2, -0.15) is 0 Å². The molecular weight excluding hydrogens is 613 g/mol. The van der Waals surface area contributed by atoms with Gasteiger partial charge in [-0.25, -0.2) is 0 Å². The van der Waals surface area contributed by atoms with Crippen molar-refractivity contribution in [3.8, 4) is 22.3 Å². The summed E-state index contributed by atoms with van der Waals surface area (Å²) in [6.45, 7) is 2.24. The SMILES string of the molecule is Cc1cc(-c2ccc(C3=C4C=CC=CC4C(c4ccccc4)=C4C=CC=CC43)c3ccc(-c4ccc5ccccc5c4)cc23)cc2ccccc12. The Morgan fingerprint density at radius 1 is 0.373 bits per heavy atom. The van der Waals surface area contributed by atoms with Gasteiger partial charge in [-0.1, -0.05) is 170 Å². The van der Waals surface area contributed by atoms with E-state index in [1.54, 1.807) is 0 Å². The first-order valence-corrected chi connectivity index (χ1v) is 18.0. The van der Waals surface area contributed by atoms with Gasteiger partial charge in [0.2, 0.25) is 0 Å². The van der Waals surface area contributed by atoms with Crippen molar-refractivity contribution in [3.63, 3.8) is 0 Å². The van der Waals surface area contributed by atoms with E-state index in [4.69, 9.17) is 0 Å². The number of fused-ring (bicyclic) bond motifs is 5. The fourth-order valence-corrected chi connectivity index (χ4v) is 8.79. The molecule has 0 nitrogen and oxygen atoms in total. The summed E-state index contributed by atoms with van der Waals surface area (Å²) in [5, 5.41) is 7.68. The average molecular weight is 649 g/mol. The molecule has 0 N–H and O–H groups in total. The van der Waals surface area contributed by atoms with Crippen LogP contribution in [-0.2, 0) is 0 Å². The van der Waals surface area contributed by atoms with Gasteiger partial charge in [-0.3, -0.25) is 0 Å². The zero-order valence-corrected chi connectivity index (χ0v) is 28.6. The van der Waals surface area contributed by atoms with Gasteiger partial charge in [0.05, 0.1) is 0 Å². The Hall–Kier alpha value is -6.24. The summed E-state index contributed by atoms with van der Waals surface area (Å²) in [6, 6.07) is 51.9. The van der Waals surface area contributed by atoms with Crippen molar-refractivity contribution in [1.29, 1.82) is 0 Å². The number of benzene rings is 7. The molecule has 0 radical (unpaired) electrons. The molecule has 0 bridgehead atoms. The monoisotopic (exact) mass is 648 g/mol. The number of hydrogen-bond acceptors (Lipinski definition) is 0. The predicted molar refractivity (Wildman–Crippen MR) is 218 cm³/mol. The first kappa shape index (κ1) is 29.7. The topological polar surface area (TPSA) is 0 Å². The third kappa shape index (κ3) is 4.90. The van der Waals surface area contributed by atoms with Crippen molar-refractivity contribution in [1.82, 2.24) is 0 Å². The van der Waals surface area contributed by atoms with Crippen molar-refractivity contribution in [2.45, 2.75) is 6.92 Å². The normalized spacial score (nSPS) is 17.8. The van der Waals surface area contributed by atoms with Crippen molar-refractivity contribution in [2.24, 2.45) is 11.8 Å². The van der Waals surface area contributed by atoms with Crippen LogP contribution in [0.3, 0.4) is 0 Å². The summed E-state index contributed by atoms with van der Waals surface area (Å²) in [6.07, 6.45) is 18.4. The molecule has 0 saturated carbocycles. The maximum absolute atomic E-state index is 2.44. The highest BCUT2D eigenvalue weighted by molar-refractivity contribution is 6.08. The largest absolute Gasteiger partial charge is 0.0726 e. The van der Waals surface area contributed by atoms with Gasteiger partial charge in [-0.05, 0) is 119 Å². The quantitative estimate of drug-likeness (QED) is 0.178. The van der Waals surface area contributed by atoms with Crippen LogP contribution in [0.15, 0.2) is 199 Å². The molecule has 51 heavy (non-hydrogen) atoms. The third-order valence-electron chi connectivity index (χ3n) is 11.1. The minimum atomic E-state index is 0.157. The number of hydrogen-bond donors (Lipinski definition) is 0. The number of allylic oxidation sites excluding steroid dienone is 12. The van der Waals surface area contributed by atoms with Crippen LogP contribution in [0.1, 0.15) is 16.7 Å². The fourth-order valence-electron chi connectivity index (χ4n) is 8.79. The maximum atomic E-state index is 2.44. The van der Waals surface area contributed by atoms with E-state index < -0.39 is 0 Å². The van der Waals surface area contributed by atoms with Gasteiger partial charge in [0.1, 0.15) is 0 Å². The highest BCUT2D eigenvalue weighted by atomic mass is 14.4. The smallest absolute Gasteiger partial charge is 0.0285 e. The lowest BCUT2D eigenvalue weighted by atomic mass is 9.66. The Morgan fingerprint density at radius 3 is 1.82 bits per heavy atom. The molecule has 10 rings (SSSR count). The highest BCUT2D eigenvalue weighted by Gasteiger charge is 2.35. The lowest BCUT2D eigenvalue weighted by molar-refractivity contribution is 0.895. The van der Waals surface area contributed by atoms with Gasteiger partial charge < -0.3 is 0 Å². The molecule has 3 aliphatic carbocycles. The van der Waals surface area contributed by atoms with E-state index in [1.165, 1.54) is 93.6 Å². The van der Waals surface area contributed by atoms with E-state index >= 15 is 0 Å². The van der Waals surface area contributed by atoms with Crippen molar-refractivity contribution >= 4 is 43.5 Å². The molecule has 7 aromatic rings. The molecular formula is C51H36. The molecule has 7 aromatic carbocycles. The fraction of sp³-hybridized carbons (Fsp3) is 0.0588. The molecule has 0 amide bonds. The van der Waals surface area contributed by atoms with E-state index in [-0.39, 0.29) is 11.8 Å². The Morgan fingerprint density at radius 2 is 1.00 bits per heavy atom. The van der Waals surface area contributed by atoms with Crippen molar-refractivity contribution in [2.75, 3.05) is 0 Å². The minimum absolute atomic E-state index is 0.157. The lowest BCUT2D eigenvalue weighted by Gasteiger charge is -2.37. The molecule has 0 aliphatic heterocycles. The molecule has 3 aliphatic rings. The van der Waals surface area contributed by atoms with Crippen LogP contribution in [0.2, 0.25) is 0 Å². The standard InChI is InChI=1S/C51H36/c1-33-29-40(31-39-17-7-8-18-41(33)39)42-27-28-48(43-26-25-38(32-49(42)43)37-24-23-34-13-5-6-16-36(34)30-37)51-46-21-11-9-19-44(46)50(35-14-3-2-4-15-35)45-20-10-12-22-47(45)51/h2-32,44,47H,1H3. The first-order valence-electron chi connectivity index (χ1n) is 18.0. The summed E-state index contributed by atoms with van der Waals surface area (Å²) in [4.78, 5) is 0. The van der Waals surface area contributed by atoms with Gasteiger partial charge in [-0.15, -0.1) is 0 Å². The van der Waals surface area contributed by atoms with E-state index in [9.17, 15) is 0 Å². The second-order valence-corrected chi connectivity index (χ2v) is 14.0. The molecule has 0 fully saturated rings. The predicted octanol–water partition coefficient (Wildman–Crippen LogP) is 13.5. The highest BCUT2D eigenvalue weighted by Crippen LogP contribution is 2.52.